The highest BCUT2D eigenvalue weighted by Gasteiger charge is 2.17. The summed E-state index contributed by atoms with van der Waals surface area (Å²) in [5, 5.41) is 3.56. The molecule has 0 aromatic rings. The van der Waals surface area contributed by atoms with Crippen LogP contribution in [0.5, 0.6) is 0 Å². The van der Waals surface area contributed by atoms with Crippen molar-refractivity contribution in [1.82, 2.24) is 5.32 Å². The SMILES string of the molecule is CC#CCC(CC1CCCCC1)NCC. The van der Waals surface area contributed by atoms with Gasteiger partial charge in [-0.1, -0.05) is 39.0 Å². The van der Waals surface area contributed by atoms with E-state index in [1.165, 1.54) is 38.5 Å². The molecule has 1 saturated carbocycles. The molecule has 0 saturated heterocycles. The number of rotatable bonds is 5. The highest BCUT2D eigenvalue weighted by molar-refractivity contribution is 4.98. The van der Waals surface area contributed by atoms with Crippen molar-refractivity contribution in [3.05, 3.63) is 0 Å². The van der Waals surface area contributed by atoms with E-state index in [1.807, 2.05) is 6.92 Å². The van der Waals surface area contributed by atoms with Crippen molar-refractivity contribution >= 4 is 0 Å². The Bertz CT molecular complexity index is 205. The van der Waals surface area contributed by atoms with E-state index < -0.39 is 0 Å². The lowest BCUT2D eigenvalue weighted by molar-refractivity contribution is 0.301. The summed E-state index contributed by atoms with van der Waals surface area (Å²) >= 11 is 0. The number of nitrogens with one attached hydrogen (secondary N) is 1. The van der Waals surface area contributed by atoms with Gasteiger partial charge < -0.3 is 5.32 Å². The van der Waals surface area contributed by atoms with E-state index in [1.54, 1.807) is 0 Å². The van der Waals surface area contributed by atoms with Crippen molar-refractivity contribution < 1.29 is 0 Å². The smallest absolute Gasteiger partial charge is 0.0243 e. The Kier molecular flexibility index (Phi) is 6.52. The predicted octanol–water partition coefficient (Wildman–Crippen LogP) is 3.35. The molecule has 1 N–H and O–H groups in total. The summed E-state index contributed by atoms with van der Waals surface area (Å²) in [5.41, 5.74) is 0. The van der Waals surface area contributed by atoms with Gasteiger partial charge in [0.1, 0.15) is 0 Å². The molecule has 1 aliphatic rings. The minimum atomic E-state index is 0.630. The van der Waals surface area contributed by atoms with Crippen molar-refractivity contribution in [2.75, 3.05) is 6.54 Å². The summed E-state index contributed by atoms with van der Waals surface area (Å²) in [5.74, 6) is 7.17. The standard InChI is InChI=1S/C14H25N/c1-3-5-11-14(15-4-2)12-13-9-7-6-8-10-13/h13-15H,4,6-12H2,1-2H3. The molecule has 1 rings (SSSR count). The second-order valence-corrected chi connectivity index (χ2v) is 4.63. The number of hydrogen-bond donors (Lipinski definition) is 1. The van der Waals surface area contributed by atoms with Gasteiger partial charge in [0.05, 0.1) is 0 Å². The van der Waals surface area contributed by atoms with Crippen LogP contribution in [0.3, 0.4) is 0 Å². The van der Waals surface area contributed by atoms with Crippen LogP contribution in [-0.2, 0) is 0 Å². The molecule has 0 bridgehead atoms. The van der Waals surface area contributed by atoms with Crippen LogP contribution in [0.25, 0.3) is 0 Å². The van der Waals surface area contributed by atoms with Gasteiger partial charge in [0.25, 0.3) is 0 Å². The summed E-state index contributed by atoms with van der Waals surface area (Å²) in [7, 11) is 0. The maximum atomic E-state index is 3.56. The van der Waals surface area contributed by atoms with Crippen LogP contribution in [-0.4, -0.2) is 12.6 Å². The second-order valence-electron chi connectivity index (χ2n) is 4.63. The van der Waals surface area contributed by atoms with E-state index in [0.29, 0.717) is 6.04 Å². The highest BCUT2D eigenvalue weighted by atomic mass is 14.9. The molecule has 1 unspecified atom stereocenters. The fourth-order valence-electron chi connectivity index (χ4n) is 2.58. The first-order chi connectivity index (χ1) is 7.36. The summed E-state index contributed by atoms with van der Waals surface area (Å²) in [6.45, 7) is 5.19. The first-order valence-electron chi connectivity index (χ1n) is 6.49. The van der Waals surface area contributed by atoms with E-state index in [0.717, 1.165) is 18.9 Å². The Morgan fingerprint density at radius 1 is 1.27 bits per heavy atom. The summed E-state index contributed by atoms with van der Waals surface area (Å²) < 4.78 is 0. The second kappa shape index (κ2) is 7.77. The van der Waals surface area contributed by atoms with Gasteiger partial charge in [0.2, 0.25) is 0 Å². The average Bonchev–Trinajstić information content (AvgIpc) is 2.28. The van der Waals surface area contributed by atoms with E-state index in [9.17, 15) is 0 Å². The Morgan fingerprint density at radius 3 is 2.60 bits per heavy atom. The van der Waals surface area contributed by atoms with Gasteiger partial charge >= 0.3 is 0 Å². The average molecular weight is 207 g/mol. The van der Waals surface area contributed by atoms with Crippen LogP contribution in [0.15, 0.2) is 0 Å². The third-order valence-electron chi connectivity index (χ3n) is 3.36. The fourth-order valence-corrected chi connectivity index (χ4v) is 2.58. The van der Waals surface area contributed by atoms with Crippen LogP contribution < -0.4 is 5.32 Å². The molecular weight excluding hydrogens is 182 g/mol. The van der Waals surface area contributed by atoms with Crippen molar-refractivity contribution in [2.45, 2.75) is 64.8 Å². The van der Waals surface area contributed by atoms with Gasteiger partial charge in [-0.25, -0.2) is 0 Å². The highest BCUT2D eigenvalue weighted by Crippen LogP contribution is 2.27. The zero-order valence-corrected chi connectivity index (χ0v) is 10.3. The lowest BCUT2D eigenvalue weighted by Gasteiger charge is -2.26. The van der Waals surface area contributed by atoms with E-state index in [-0.39, 0.29) is 0 Å². The van der Waals surface area contributed by atoms with Gasteiger partial charge in [-0.05, 0) is 25.8 Å². The minimum absolute atomic E-state index is 0.630. The molecular formula is C14H25N. The third kappa shape index (κ3) is 5.23. The Labute approximate surface area is 95.0 Å². The van der Waals surface area contributed by atoms with Crippen molar-refractivity contribution in [1.29, 1.82) is 0 Å². The molecule has 1 heteroatoms. The molecule has 0 aromatic heterocycles. The monoisotopic (exact) mass is 207 g/mol. The first kappa shape index (κ1) is 12.6. The maximum absolute atomic E-state index is 3.56. The Balaban J connectivity index is 2.29. The topological polar surface area (TPSA) is 12.0 Å². The maximum Gasteiger partial charge on any atom is 0.0243 e. The van der Waals surface area contributed by atoms with Crippen LogP contribution in [0, 0.1) is 17.8 Å². The van der Waals surface area contributed by atoms with Crippen LogP contribution >= 0.6 is 0 Å². The molecule has 0 radical (unpaired) electrons. The van der Waals surface area contributed by atoms with Crippen LogP contribution in [0.1, 0.15) is 58.8 Å². The third-order valence-corrected chi connectivity index (χ3v) is 3.36. The van der Waals surface area contributed by atoms with Crippen molar-refractivity contribution in [2.24, 2.45) is 5.92 Å². The Morgan fingerprint density at radius 2 is 2.00 bits per heavy atom. The minimum Gasteiger partial charge on any atom is -0.313 e. The number of hydrogen-bond acceptors (Lipinski definition) is 1. The summed E-state index contributed by atoms with van der Waals surface area (Å²) in [6, 6.07) is 0.630. The molecule has 1 atom stereocenters. The predicted molar refractivity (Wildman–Crippen MR) is 66.7 cm³/mol. The zero-order chi connectivity index (χ0) is 10.9. The molecule has 1 fully saturated rings. The molecule has 15 heavy (non-hydrogen) atoms. The van der Waals surface area contributed by atoms with Crippen molar-refractivity contribution in [3.63, 3.8) is 0 Å². The molecule has 0 aromatic carbocycles. The lowest BCUT2D eigenvalue weighted by atomic mass is 9.84. The van der Waals surface area contributed by atoms with Gasteiger partial charge in [0.15, 0.2) is 0 Å². The molecule has 0 spiro atoms. The normalized spacial score (nSPS) is 19.3. The summed E-state index contributed by atoms with van der Waals surface area (Å²) in [6.07, 6.45) is 9.61. The van der Waals surface area contributed by atoms with Gasteiger partial charge in [-0.2, -0.15) is 0 Å². The van der Waals surface area contributed by atoms with Crippen LogP contribution in [0.4, 0.5) is 0 Å². The molecule has 1 aliphatic carbocycles. The van der Waals surface area contributed by atoms with Crippen molar-refractivity contribution in [3.8, 4) is 11.8 Å². The molecule has 0 aliphatic heterocycles. The van der Waals surface area contributed by atoms with E-state index >= 15 is 0 Å². The quantitative estimate of drug-likeness (QED) is 0.682. The molecule has 1 nitrogen and oxygen atoms in total. The Hall–Kier alpha value is -0.480. The molecule has 0 amide bonds. The van der Waals surface area contributed by atoms with E-state index in [2.05, 4.69) is 24.1 Å². The van der Waals surface area contributed by atoms with Gasteiger partial charge in [-0.15, -0.1) is 11.8 Å². The van der Waals surface area contributed by atoms with Gasteiger partial charge in [-0.3, -0.25) is 0 Å². The first-order valence-corrected chi connectivity index (χ1v) is 6.49. The molecule has 0 heterocycles. The largest absolute Gasteiger partial charge is 0.313 e. The van der Waals surface area contributed by atoms with Gasteiger partial charge in [0, 0.05) is 12.5 Å². The fraction of sp³-hybridized carbons (Fsp3) is 0.857. The molecule has 86 valence electrons. The summed E-state index contributed by atoms with van der Waals surface area (Å²) in [4.78, 5) is 0. The lowest BCUT2D eigenvalue weighted by Crippen LogP contribution is -2.31. The van der Waals surface area contributed by atoms with E-state index in [4.69, 9.17) is 0 Å². The van der Waals surface area contributed by atoms with Crippen LogP contribution in [0.2, 0.25) is 0 Å². The zero-order valence-electron chi connectivity index (χ0n) is 10.3.